The van der Waals surface area contributed by atoms with Gasteiger partial charge in [0.15, 0.2) is 5.60 Å². The number of carbonyl (C=O) groups excluding carboxylic acids is 1. The molecule has 0 aromatic carbocycles. The number of aliphatic hydroxyl groups is 1. The van der Waals surface area contributed by atoms with Crippen molar-refractivity contribution in [1.82, 2.24) is 0 Å². The van der Waals surface area contributed by atoms with Gasteiger partial charge in [-0.3, -0.25) is 4.55 Å². The van der Waals surface area contributed by atoms with Gasteiger partial charge in [-0.2, -0.15) is 39.2 Å². The van der Waals surface area contributed by atoms with E-state index >= 15 is 0 Å². The number of alkyl halides is 7. The molecule has 7 nitrogen and oxygen atoms in total. The molecule has 0 aromatic heterocycles. The molecule has 2 unspecified atom stereocenters. The molecule has 0 aromatic rings. The molecule has 0 aliphatic carbocycles. The molecule has 0 heterocycles. The second kappa shape index (κ2) is 10.4. The predicted octanol–water partition coefficient (Wildman–Crippen LogP) is 3.48. The summed E-state index contributed by atoms with van der Waals surface area (Å²) >= 11 is 0. The summed E-state index contributed by atoms with van der Waals surface area (Å²) in [7, 11) is -6.33. The van der Waals surface area contributed by atoms with E-state index < -0.39 is 70.2 Å². The zero-order valence-electron chi connectivity index (χ0n) is 16.5. The van der Waals surface area contributed by atoms with Gasteiger partial charge in [-0.25, -0.2) is 4.79 Å². The lowest BCUT2D eigenvalue weighted by atomic mass is 9.96. The van der Waals surface area contributed by atoms with Gasteiger partial charge in [0, 0.05) is 13.0 Å². The molecule has 0 saturated heterocycles. The molecule has 0 rings (SSSR count). The normalized spacial score (nSPS) is 16.5. The van der Waals surface area contributed by atoms with Crippen molar-refractivity contribution in [1.29, 1.82) is 0 Å². The summed E-state index contributed by atoms with van der Waals surface area (Å²) in [5.41, 5.74) is -3.78. The van der Waals surface area contributed by atoms with Crippen LogP contribution in [0.25, 0.3) is 0 Å². The van der Waals surface area contributed by atoms with Gasteiger partial charge in [-0.05, 0) is 26.2 Å². The number of rotatable bonds is 13. The molecule has 0 aliphatic heterocycles. The molecule has 31 heavy (non-hydrogen) atoms. The number of carbonyl (C=O) groups is 1. The highest BCUT2D eigenvalue weighted by molar-refractivity contribution is 7.87. The van der Waals surface area contributed by atoms with Gasteiger partial charge < -0.3 is 14.6 Å². The zero-order chi connectivity index (χ0) is 24.9. The van der Waals surface area contributed by atoms with E-state index in [4.69, 9.17) is 9.29 Å². The van der Waals surface area contributed by atoms with Crippen molar-refractivity contribution in [3.63, 3.8) is 0 Å². The van der Waals surface area contributed by atoms with E-state index in [2.05, 4.69) is 11.3 Å². The minimum absolute atomic E-state index is 0.292. The van der Waals surface area contributed by atoms with E-state index in [1.807, 2.05) is 0 Å². The third-order valence-electron chi connectivity index (χ3n) is 4.17. The van der Waals surface area contributed by atoms with Crippen LogP contribution >= 0.6 is 0 Å². The van der Waals surface area contributed by atoms with Crippen molar-refractivity contribution in [3.05, 3.63) is 12.2 Å². The van der Waals surface area contributed by atoms with Crippen molar-refractivity contribution in [3.8, 4) is 0 Å². The Hall–Kier alpha value is -1.45. The van der Waals surface area contributed by atoms with E-state index in [0.717, 1.165) is 0 Å². The first-order valence-corrected chi connectivity index (χ1v) is 10.1. The molecular weight excluding hydrogens is 469 g/mol. The van der Waals surface area contributed by atoms with Crippen LogP contribution in [0.2, 0.25) is 0 Å². The van der Waals surface area contributed by atoms with Crippen LogP contribution in [0.3, 0.4) is 0 Å². The number of hydrogen-bond acceptors (Lipinski definition) is 6. The summed E-state index contributed by atoms with van der Waals surface area (Å²) in [5, 5.41) is 3.88. The molecule has 0 amide bonds. The van der Waals surface area contributed by atoms with Crippen molar-refractivity contribution in [2.24, 2.45) is 0 Å². The Kier molecular flexibility index (Phi) is 9.96. The molecule has 0 saturated carbocycles. The largest absolute Gasteiger partial charge is 0.456 e. The van der Waals surface area contributed by atoms with Crippen molar-refractivity contribution >= 4 is 16.1 Å². The molecule has 184 valence electrons. The maximum Gasteiger partial charge on any atom is 0.431 e. The molecule has 0 aliphatic rings. The van der Waals surface area contributed by atoms with Gasteiger partial charge in [0.1, 0.15) is 6.10 Å². The molecule has 0 fully saturated rings. The van der Waals surface area contributed by atoms with Gasteiger partial charge in [-0.1, -0.05) is 13.5 Å². The molecule has 0 radical (unpaired) electrons. The highest BCUT2D eigenvalue weighted by Gasteiger charge is 2.64. The summed E-state index contributed by atoms with van der Waals surface area (Å²) < 4.78 is 129. The highest BCUT2D eigenvalue weighted by Crippen LogP contribution is 2.41. The average molecular weight is 492 g/mol. The number of hydrogen-bond donors (Lipinski definition) is 2. The zero-order valence-corrected chi connectivity index (χ0v) is 17.3. The van der Waals surface area contributed by atoms with E-state index in [-0.39, 0.29) is 19.4 Å². The molecular formula is C16H23F7O7S. The molecule has 0 spiro atoms. The van der Waals surface area contributed by atoms with Gasteiger partial charge in [0.2, 0.25) is 0 Å². The number of ether oxygens (including phenoxy) is 2. The van der Waals surface area contributed by atoms with Crippen LogP contribution in [0.5, 0.6) is 0 Å². The van der Waals surface area contributed by atoms with Gasteiger partial charge in [-0.15, -0.1) is 0 Å². The van der Waals surface area contributed by atoms with Crippen LogP contribution in [-0.4, -0.2) is 66.3 Å². The highest BCUT2D eigenvalue weighted by atomic mass is 32.2. The summed E-state index contributed by atoms with van der Waals surface area (Å²) in [6.45, 7) is 3.91. The SMILES string of the molecule is C=C(COCCCCC(F)(F)C(F)(F)S(=O)(=O)O)C(=O)OC(CC)C(C)(O)C(F)(F)F. The monoisotopic (exact) mass is 492 g/mol. The van der Waals surface area contributed by atoms with Crippen molar-refractivity contribution in [2.75, 3.05) is 13.2 Å². The second-order valence-electron chi connectivity index (χ2n) is 6.76. The van der Waals surface area contributed by atoms with E-state index in [1.54, 1.807) is 0 Å². The van der Waals surface area contributed by atoms with Crippen LogP contribution in [-0.2, 0) is 24.4 Å². The molecule has 2 N–H and O–H groups in total. The Morgan fingerprint density at radius 1 is 1.10 bits per heavy atom. The second-order valence-corrected chi connectivity index (χ2v) is 8.22. The Morgan fingerprint density at radius 2 is 1.61 bits per heavy atom. The number of halogens is 7. The lowest BCUT2D eigenvalue weighted by Crippen LogP contribution is -2.53. The molecule has 0 bridgehead atoms. The van der Waals surface area contributed by atoms with Crippen molar-refractivity contribution < 1.29 is 63.1 Å². The Balaban J connectivity index is 4.52. The average Bonchev–Trinajstić information content (AvgIpc) is 2.59. The minimum atomic E-state index is -6.33. The van der Waals surface area contributed by atoms with Gasteiger partial charge in [0.25, 0.3) is 0 Å². The fraction of sp³-hybridized carbons (Fsp3) is 0.812. The van der Waals surface area contributed by atoms with Crippen LogP contribution in [0.4, 0.5) is 30.7 Å². The van der Waals surface area contributed by atoms with Crippen LogP contribution < -0.4 is 0 Å². The lowest BCUT2D eigenvalue weighted by molar-refractivity contribution is -0.285. The number of unbranched alkanes of at least 4 members (excludes halogenated alkanes) is 1. The van der Waals surface area contributed by atoms with Crippen LogP contribution in [0.15, 0.2) is 12.2 Å². The van der Waals surface area contributed by atoms with Crippen LogP contribution in [0.1, 0.15) is 39.5 Å². The van der Waals surface area contributed by atoms with Crippen LogP contribution in [0, 0.1) is 0 Å². The third-order valence-corrected chi connectivity index (χ3v) is 5.11. The van der Waals surface area contributed by atoms with E-state index in [0.29, 0.717) is 6.92 Å². The Bertz CT molecular complexity index is 733. The van der Waals surface area contributed by atoms with E-state index in [1.165, 1.54) is 6.92 Å². The van der Waals surface area contributed by atoms with E-state index in [9.17, 15) is 49.1 Å². The molecule has 15 heteroatoms. The van der Waals surface area contributed by atoms with Gasteiger partial charge in [0.05, 0.1) is 12.2 Å². The Morgan fingerprint density at radius 3 is 2.03 bits per heavy atom. The minimum Gasteiger partial charge on any atom is -0.456 e. The summed E-state index contributed by atoms with van der Waals surface area (Å²) in [6.07, 6.45) is -9.95. The Labute approximate surface area is 173 Å². The summed E-state index contributed by atoms with van der Waals surface area (Å²) in [6, 6.07) is 0. The fourth-order valence-electron chi connectivity index (χ4n) is 2.13. The smallest absolute Gasteiger partial charge is 0.431 e. The first kappa shape index (κ1) is 29.5. The third kappa shape index (κ3) is 7.57. The number of esters is 1. The maximum atomic E-state index is 13.3. The maximum absolute atomic E-state index is 13.3. The first-order valence-electron chi connectivity index (χ1n) is 8.70. The summed E-state index contributed by atoms with van der Waals surface area (Å²) in [4.78, 5) is 11.8. The summed E-state index contributed by atoms with van der Waals surface area (Å²) in [5.74, 6) is -6.35. The van der Waals surface area contributed by atoms with Crippen molar-refractivity contribution in [2.45, 2.75) is 68.6 Å². The quantitative estimate of drug-likeness (QED) is 0.133. The fourth-order valence-corrected chi connectivity index (χ4v) is 2.61. The molecule has 2 atom stereocenters. The first-order chi connectivity index (χ1) is 13.7. The van der Waals surface area contributed by atoms with Gasteiger partial charge >= 0.3 is 33.4 Å². The lowest BCUT2D eigenvalue weighted by Gasteiger charge is -2.33. The predicted molar refractivity (Wildman–Crippen MR) is 92.1 cm³/mol. The topological polar surface area (TPSA) is 110 Å². The standard InChI is InChI=1S/C16H23F7O7S/c1-4-11(13(3,25)15(19,20)21)30-12(24)10(2)9-29-8-6-5-7-14(17,18)16(22,23)31(26,27)28/h11,25H,2,4-9H2,1,3H3,(H,26,27,28).